The molecule has 1 fully saturated rings. The molecule has 0 atom stereocenters. The molecule has 2 aromatic rings. The quantitative estimate of drug-likeness (QED) is 0.574. The van der Waals surface area contributed by atoms with Crippen LogP contribution in [0.5, 0.6) is 11.5 Å². The molecule has 0 aromatic heterocycles. The number of methoxy groups -OCH3 is 1. The van der Waals surface area contributed by atoms with Gasteiger partial charge in [-0.15, -0.1) is 0 Å². The molecule has 3 rings (SSSR count). The van der Waals surface area contributed by atoms with Gasteiger partial charge in [0.25, 0.3) is 11.8 Å². The smallest absolute Gasteiger partial charge is 0.335 e. The molecule has 0 spiro atoms. The Morgan fingerprint density at radius 3 is 2.43 bits per heavy atom. The van der Waals surface area contributed by atoms with Gasteiger partial charge in [-0.05, 0) is 61.7 Å². The molecule has 30 heavy (non-hydrogen) atoms. The highest BCUT2D eigenvalue weighted by Gasteiger charge is 2.37. The van der Waals surface area contributed by atoms with Crippen LogP contribution in [-0.4, -0.2) is 31.6 Å². The van der Waals surface area contributed by atoms with Crippen molar-refractivity contribution in [2.45, 2.75) is 20.8 Å². The molecule has 0 saturated carbocycles. The highest BCUT2D eigenvalue weighted by Crippen LogP contribution is 2.35. The summed E-state index contributed by atoms with van der Waals surface area (Å²) in [6.45, 7) is 6.04. The van der Waals surface area contributed by atoms with E-state index in [9.17, 15) is 14.4 Å². The lowest BCUT2D eigenvalue weighted by atomic mass is 10.0. The predicted octanol–water partition coefficient (Wildman–Crippen LogP) is 4.03. The van der Waals surface area contributed by atoms with Crippen molar-refractivity contribution in [2.24, 2.45) is 0 Å². The number of urea groups is 1. The lowest BCUT2D eigenvalue weighted by Gasteiger charge is -2.27. The van der Waals surface area contributed by atoms with Gasteiger partial charge in [-0.2, -0.15) is 0 Å². The van der Waals surface area contributed by atoms with Crippen molar-refractivity contribution < 1.29 is 23.9 Å². The van der Waals surface area contributed by atoms with E-state index in [0.29, 0.717) is 29.4 Å². The molecule has 0 unspecified atom stereocenters. The minimum Gasteiger partial charge on any atom is -0.493 e. The summed E-state index contributed by atoms with van der Waals surface area (Å²) in [7, 11) is 1.47. The Labute approximate surface area is 179 Å². The zero-order chi connectivity index (χ0) is 22.0. The van der Waals surface area contributed by atoms with Crippen molar-refractivity contribution in [2.75, 3.05) is 18.6 Å². The zero-order valence-corrected chi connectivity index (χ0v) is 17.8. The highest BCUT2D eigenvalue weighted by molar-refractivity contribution is 6.40. The Hall–Kier alpha value is -3.32. The van der Waals surface area contributed by atoms with Crippen LogP contribution in [0.1, 0.15) is 23.6 Å². The van der Waals surface area contributed by atoms with Gasteiger partial charge in [-0.1, -0.05) is 17.7 Å². The summed E-state index contributed by atoms with van der Waals surface area (Å²) in [5, 5.41) is 2.47. The summed E-state index contributed by atoms with van der Waals surface area (Å²) in [6, 6.07) is 7.48. The molecule has 2 aromatic carbocycles. The monoisotopic (exact) mass is 428 g/mol. The SMILES string of the molecule is CCOc1cc(Cl)c(/C=C2\C(=O)NC(=O)N(c3ccc(C)c(C)c3)C2=O)cc1OC. The second-order valence-corrected chi connectivity index (χ2v) is 7.09. The van der Waals surface area contributed by atoms with Crippen LogP contribution in [0, 0.1) is 13.8 Å². The number of carbonyl (C=O) groups is 3. The van der Waals surface area contributed by atoms with Gasteiger partial charge in [-0.3, -0.25) is 14.9 Å². The predicted molar refractivity (Wildman–Crippen MR) is 114 cm³/mol. The van der Waals surface area contributed by atoms with Crippen LogP contribution in [0.4, 0.5) is 10.5 Å². The van der Waals surface area contributed by atoms with Gasteiger partial charge in [0.1, 0.15) is 5.57 Å². The standard InChI is InChI=1S/C22H21ClN2O5/c1-5-30-19-11-17(23)14(10-18(19)29-4)9-16-20(26)24-22(28)25(21(16)27)15-7-6-12(2)13(3)8-15/h6-11H,5H2,1-4H3,(H,24,26,28)/b16-9+. The van der Waals surface area contributed by atoms with Crippen molar-refractivity contribution >= 4 is 41.2 Å². The van der Waals surface area contributed by atoms with Gasteiger partial charge in [0.15, 0.2) is 11.5 Å². The fraction of sp³-hybridized carbons (Fsp3) is 0.227. The van der Waals surface area contributed by atoms with Crippen LogP contribution in [0.25, 0.3) is 6.08 Å². The normalized spacial score (nSPS) is 15.4. The fourth-order valence-corrected chi connectivity index (χ4v) is 3.21. The average molecular weight is 429 g/mol. The van der Waals surface area contributed by atoms with Crippen LogP contribution < -0.4 is 19.7 Å². The van der Waals surface area contributed by atoms with E-state index in [4.69, 9.17) is 21.1 Å². The molecule has 0 aliphatic carbocycles. The largest absolute Gasteiger partial charge is 0.493 e. The molecule has 1 aliphatic rings. The molecular weight excluding hydrogens is 408 g/mol. The number of anilines is 1. The number of hydrogen-bond acceptors (Lipinski definition) is 5. The molecule has 1 saturated heterocycles. The molecule has 1 heterocycles. The average Bonchev–Trinajstić information content (AvgIpc) is 2.69. The summed E-state index contributed by atoms with van der Waals surface area (Å²) >= 11 is 6.33. The van der Waals surface area contributed by atoms with Crippen LogP contribution in [0.15, 0.2) is 35.9 Å². The van der Waals surface area contributed by atoms with Gasteiger partial charge in [0.2, 0.25) is 0 Å². The van der Waals surface area contributed by atoms with Gasteiger partial charge in [-0.25, -0.2) is 9.69 Å². The number of halogens is 1. The second-order valence-electron chi connectivity index (χ2n) is 6.68. The van der Waals surface area contributed by atoms with Crippen molar-refractivity contribution in [1.29, 1.82) is 0 Å². The van der Waals surface area contributed by atoms with Crippen molar-refractivity contribution in [3.05, 3.63) is 57.6 Å². The Morgan fingerprint density at radius 1 is 1.07 bits per heavy atom. The summed E-state index contributed by atoms with van der Waals surface area (Å²) in [5.74, 6) is -0.692. The zero-order valence-electron chi connectivity index (χ0n) is 17.0. The van der Waals surface area contributed by atoms with E-state index in [1.165, 1.54) is 13.2 Å². The molecule has 8 heteroatoms. The Bertz CT molecular complexity index is 1080. The van der Waals surface area contributed by atoms with E-state index in [2.05, 4.69) is 5.32 Å². The first-order chi connectivity index (χ1) is 14.3. The van der Waals surface area contributed by atoms with Gasteiger partial charge in [0.05, 0.1) is 24.4 Å². The number of barbiturate groups is 1. The Morgan fingerprint density at radius 2 is 1.80 bits per heavy atom. The molecule has 7 nitrogen and oxygen atoms in total. The molecule has 1 aliphatic heterocycles. The van der Waals surface area contributed by atoms with Crippen LogP contribution >= 0.6 is 11.6 Å². The van der Waals surface area contributed by atoms with Crippen molar-refractivity contribution in [3.63, 3.8) is 0 Å². The molecule has 0 radical (unpaired) electrons. The third-order valence-electron chi connectivity index (χ3n) is 4.73. The van der Waals surface area contributed by atoms with Crippen LogP contribution in [0.2, 0.25) is 5.02 Å². The number of nitrogens with one attached hydrogen (secondary N) is 1. The first-order valence-electron chi connectivity index (χ1n) is 9.25. The number of nitrogens with zero attached hydrogens (tertiary/aromatic N) is 1. The first kappa shape index (κ1) is 21.4. The number of ether oxygens (including phenoxy) is 2. The minimum absolute atomic E-state index is 0.221. The number of benzene rings is 2. The summed E-state index contributed by atoms with van der Waals surface area (Å²) < 4.78 is 10.8. The summed E-state index contributed by atoms with van der Waals surface area (Å²) in [5.41, 5.74) is 2.46. The van der Waals surface area contributed by atoms with E-state index in [0.717, 1.165) is 16.0 Å². The molecule has 1 N–H and O–H groups in total. The maximum atomic E-state index is 13.1. The molecule has 156 valence electrons. The fourth-order valence-electron chi connectivity index (χ4n) is 3.00. The minimum atomic E-state index is -0.805. The third-order valence-corrected chi connectivity index (χ3v) is 5.06. The number of aryl methyl sites for hydroxylation is 2. The third kappa shape index (κ3) is 4.02. The van der Waals surface area contributed by atoms with E-state index in [1.54, 1.807) is 30.3 Å². The summed E-state index contributed by atoms with van der Waals surface area (Å²) in [6.07, 6.45) is 1.33. The number of hydrogen-bond donors (Lipinski definition) is 1. The van der Waals surface area contributed by atoms with E-state index in [-0.39, 0.29) is 10.6 Å². The van der Waals surface area contributed by atoms with Gasteiger partial charge in [0, 0.05) is 6.07 Å². The maximum Gasteiger partial charge on any atom is 0.335 e. The lowest BCUT2D eigenvalue weighted by Crippen LogP contribution is -2.54. The Kier molecular flexibility index (Phi) is 6.12. The van der Waals surface area contributed by atoms with E-state index < -0.39 is 17.8 Å². The van der Waals surface area contributed by atoms with Gasteiger partial charge < -0.3 is 9.47 Å². The maximum absolute atomic E-state index is 13.1. The number of imide groups is 2. The molecular formula is C22H21ClN2O5. The van der Waals surface area contributed by atoms with Crippen molar-refractivity contribution in [3.8, 4) is 11.5 Å². The highest BCUT2D eigenvalue weighted by atomic mass is 35.5. The number of amides is 4. The van der Waals surface area contributed by atoms with E-state index in [1.807, 2.05) is 20.8 Å². The molecule has 4 amide bonds. The number of rotatable bonds is 5. The van der Waals surface area contributed by atoms with E-state index >= 15 is 0 Å². The molecule has 0 bridgehead atoms. The Balaban J connectivity index is 2.05. The van der Waals surface area contributed by atoms with Crippen LogP contribution in [-0.2, 0) is 9.59 Å². The topological polar surface area (TPSA) is 84.9 Å². The summed E-state index contributed by atoms with van der Waals surface area (Å²) in [4.78, 5) is 38.8. The van der Waals surface area contributed by atoms with Crippen molar-refractivity contribution in [1.82, 2.24) is 5.32 Å². The van der Waals surface area contributed by atoms with Gasteiger partial charge >= 0.3 is 6.03 Å². The number of carbonyl (C=O) groups excluding carboxylic acids is 3. The first-order valence-corrected chi connectivity index (χ1v) is 9.63. The lowest BCUT2D eigenvalue weighted by molar-refractivity contribution is -0.122. The van der Waals surface area contributed by atoms with Crippen LogP contribution in [0.3, 0.4) is 0 Å². The second kappa shape index (κ2) is 8.59.